The van der Waals surface area contributed by atoms with Crippen molar-refractivity contribution in [3.8, 4) is 11.3 Å². The molecular weight excluding hydrogens is 214 g/mol. The van der Waals surface area contributed by atoms with E-state index in [1.165, 1.54) is 0 Å². The zero-order chi connectivity index (χ0) is 12.1. The molecule has 1 aromatic heterocycles. The molecule has 0 spiro atoms. The molecular formula is C14H18NO2+. The highest BCUT2D eigenvalue weighted by Crippen LogP contribution is 2.21. The second-order valence-corrected chi connectivity index (χ2v) is 4.21. The Morgan fingerprint density at radius 2 is 1.94 bits per heavy atom. The van der Waals surface area contributed by atoms with E-state index in [0.29, 0.717) is 6.54 Å². The first-order chi connectivity index (χ1) is 8.25. The zero-order valence-electron chi connectivity index (χ0n) is 9.97. The van der Waals surface area contributed by atoms with Gasteiger partial charge in [0.05, 0.1) is 6.10 Å². The molecule has 17 heavy (non-hydrogen) atoms. The Morgan fingerprint density at radius 1 is 1.18 bits per heavy atom. The van der Waals surface area contributed by atoms with Crippen molar-refractivity contribution in [1.82, 2.24) is 0 Å². The number of benzene rings is 1. The van der Waals surface area contributed by atoms with Gasteiger partial charge in [0.1, 0.15) is 18.8 Å². The minimum absolute atomic E-state index is 0.279. The van der Waals surface area contributed by atoms with Gasteiger partial charge in [-0.15, -0.1) is 0 Å². The third kappa shape index (κ3) is 3.44. The monoisotopic (exact) mass is 232 g/mol. The van der Waals surface area contributed by atoms with Crippen LogP contribution in [-0.4, -0.2) is 17.8 Å². The van der Waals surface area contributed by atoms with Crippen molar-refractivity contribution < 1.29 is 14.8 Å². The average Bonchev–Trinajstić information content (AvgIpc) is 2.78. The van der Waals surface area contributed by atoms with Crippen molar-refractivity contribution in [2.75, 3.05) is 6.54 Å². The molecule has 3 heteroatoms. The quantitative estimate of drug-likeness (QED) is 0.818. The first-order valence-corrected chi connectivity index (χ1v) is 5.89. The second-order valence-electron chi connectivity index (χ2n) is 4.21. The van der Waals surface area contributed by atoms with E-state index in [1.807, 2.05) is 47.8 Å². The summed E-state index contributed by atoms with van der Waals surface area (Å²) in [6.07, 6.45) is -0.279. The summed E-state index contributed by atoms with van der Waals surface area (Å²) in [5.74, 6) is 1.83. The van der Waals surface area contributed by atoms with Crippen LogP contribution in [0.3, 0.4) is 0 Å². The Hall–Kier alpha value is -1.58. The number of rotatable bonds is 5. The predicted octanol–water partition coefficient (Wildman–Crippen LogP) is 1.39. The van der Waals surface area contributed by atoms with Crippen molar-refractivity contribution in [2.24, 2.45) is 0 Å². The fraction of sp³-hybridized carbons (Fsp3) is 0.286. The van der Waals surface area contributed by atoms with Crippen LogP contribution >= 0.6 is 0 Å². The van der Waals surface area contributed by atoms with Gasteiger partial charge in [0.15, 0.2) is 5.76 Å². The molecule has 1 aromatic carbocycles. The summed E-state index contributed by atoms with van der Waals surface area (Å²) < 4.78 is 5.74. The lowest BCUT2D eigenvalue weighted by Gasteiger charge is -2.01. The molecule has 0 radical (unpaired) electrons. The van der Waals surface area contributed by atoms with Crippen LogP contribution in [0.25, 0.3) is 11.3 Å². The summed E-state index contributed by atoms with van der Waals surface area (Å²) >= 11 is 0. The molecule has 0 fully saturated rings. The number of nitrogens with two attached hydrogens (primary N) is 1. The van der Waals surface area contributed by atoms with E-state index in [2.05, 4.69) is 0 Å². The van der Waals surface area contributed by atoms with E-state index >= 15 is 0 Å². The van der Waals surface area contributed by atoms with E-state index in [9.17, 15) is 0 Å². The number of furan rings is 1. The highest BCUT2D eigenvalue weighted by molar-refractivity contribution is 5.57. The smallest absolute Gasteiger partial charge is 0.158 e. The van der Waals surface area contributed by atoms with Crippen LogP contribution < -0.4 is 5.32 Å². The number of quaternary nitrogens is 1. The molecule has 0 aliphatic carbocycles. The van der Waals surface area contributed by atoms with E-state index in [-0.39, 0.29) is 6.10 Å². The Morgan fingerprint density at radius 3 is 2.65 bits per heavy atom. The van der Waals surface area contributed by atoms with Crippen LogP contribution in [-0.2, 0) is 6.54 Å². The zero-order valence-corrected chi connectivity index (χ0v) is 9.97. The maximum atomic E-state index is 9.15. The molecule has 0 amide bonds. The van der Waals surface area contributed by atoms with Gasteiger partial charge in [-0.3, -0.25) is 0 Å². The van der Waals surface area contributed by atoms with Gasteiger partial charge in [0.25, 0.3) is 0 Å². The Labute approximate surface area is 101 Å². The molecule has 1 atom stereocenters. The average molecular weight is 232 g/mol. The van der Waals surface area contributed by atoms with Crippen LogP contribution in [0, 0.1) is 0 Å². The lowest BCUT2D eigenvalue weighted by molar-refractivity contribution is -0.677. The summed E-state index contributed by atoms with van der Waals surface area (Å²) in [6, 6.07) is 14.0. The minimum atomic E-state index is -0.279. The maximum Gasteiger partial charge on any atom is 0.158 e. The molecule has 1 heterocycles. The molecule has 3 nitrogen and oxygen atoms in total. The van der Waals surface area contributed by atoms with Crippen molar-refractivity contribution in [1.29, 1.82) is 0 Å². The normalized spacial score (nSPS) is 12.6. The molecule has 2 aromatic rings. The van der Waals surface area contributed by atoms with Crippen LogP contribution in [0.2, 0.25) is 0 Å². The van der Waals surface area contributed by atoms with E-state index in [0.717, 1.165) is 23.6 Å². The van der Waals surface area contributed by atoms with Gasteiger partial charge in [0.2, 0.25) is 0 Å². The predicted molar refractivity (Wildman–Crippen MR) is 66.3 cm³/mol. The van der Waals surface area contributed by atoms with Crippen molar-refractivity contribution in [3.05, 3.63) is 48.2 Å². The summed E-state index contributed by atoms with van der Waals surface area (Å²) in [7, 11) is 0. The van der Waals surface area contributed by atoms with Gasteiger partial charge in [-0.1, -0.05) is 30.3 Å². The number of hydrogen-bond donors (Lipinski definition) is 2. The highest BCUT2D eigenvalue weighted by Gasteiger charge is 2.06. The minimum Gasteiger partial charge on any atom is -0.455 e. The number of aliphatic hydroxyl groups excluding tert-OH is 1. The fourth-order valence-corrected chi connectivity index (χ4v) is 1.71. The van der Waals surface area contributed by atoms with Gasteiger partial charge in [0, 0.05) is 5.56 Å². The standard InChI is InChI=1S/C14H17NO2/c1-11(16)9-15-10-13-7-8-14(17-13)12-5-3-2-4-6-12/h2-8,11,15-16H,9-10H2,1H3/p+1/t11-/m1/s1. The summed E-state index contributed by atoms with van der Waals surface area (Å²) in [5.41, 5.74) is 1.09. The van der Waals surface area contributed by atoms with E-state index < -0.39 is 0 Å². The van der Waals surface area contributed by atoms with Crippen molar-refractivity contribution >= 4 is 0 Å². The molecule has 0 unspecified atom stereocenters. The fourth-order valence-electron chi connectivity index (χ4n) is 1.71. The van der Waals surface area contributed by atoms with E-state index in [1.54, 1.807) is 6.92 Å². The van der Waals surface area contributed by atoms with Crippen LogP contribution in [0.5, 0.6) is 0 Å². The maximum absolute atomic E-state index is 9.15. The Balaban J connectivity index is 1.97. The number of hydrogen-bond acceptors (Lipinski definition) is 2. The van der Waals surface area contributed by atoms with Gasteiger partial charge in [-0.25, -0.2) is 0 Å². The molecule has 3 N–H and O–H groups in total. The third-order valence-corrected chi connectivity index (χ3v) is 2.57. The third-order valence-electron chi connectivity index (χ3n) is 2.57. The van der Waals surface area contributed by atoms with E-state index in [4.69, 9.17) is 9.52 Å². The number of aliphatic hydroxyl groups is 1. The molecule has 0 saturated carbocycles. The van der Waals surface area contributed by atoms with Gasteiger partial charge >= 0.3 is 0 Å². The molecule has 0 aliphatic heterocycles. The van der Waals surface area contributed by atoms with Crippen molar-refractivity contribution in [3.63, 3.8) is 0 Å². The summed E-state index contributed by atoms with van der Waals surface area (Å²) in [4.78, 5) is 0. The molecule has 90 valence electrons. The Kier molecular flexibility index (Phi) is 3.96. The first-order valence-electron chi connectivity index (χ1n) is 5.89. The highest BCUT2D eigenvalue weighted by atomic mass is 16.3. The first kappa shape index (κ1) is 11.9. The molecule has 0 aliphatic rings. The van der Waals surface area contributed by atoms with Gasteiger partial charge in [-0.05, 0) is 19.1 Å². The lowest BCUT2D eigenvalue weighted by Crippen LogP contribution is -2.84. The van der Waals surface area contributed by atoms with Gasteiger partial charge < -0.3 is 14.8 Å². The lowest BCUT2D eigenvalue weighted by atomic mass is 10.2. The van der Waals surface area contributed by atoms with Crippen molar-refractivity contribution in [2.45, 2.75) is 19.6 Å². The topological polar surface area (TPSA) is 50.0 Å². The largest absolute Gasteiger partial charge is 0.455 e. The van der Waals surface area contributed by atoms with Crippen LogP contribution in [0.4, 0.5) is 0 Å². The summed E-state index contributed by atoms with van der Waals surface area (Å²) in [6.45, 7) is 3.24. The van der Waals surface area contributed by atoms with Crippen LogP contribution in [0.1, 0.15) is 12.7 Å². The summed E-state index contributed by atoms with van der Waals surface area (Å²) in [5, 5.41) is 11.2. The molecule has 2 rings (SSSR count). The Bertz CT molecular complexity index is 448. The molecule has 0 saturated heterocycles. The second kappa shape index (κ2) is 5.66. The molecule has 0 bridgehead atoms. The SMILES string of the molecule is C[C@@H](O)C[NH2+]Cc1ccc(-c2ccccc2)o1. The van der Waals surface area contributed by atoms with Gasteiger partial charge in [-0.2, -0.15) is 0 Å². The van der Waals surface area contributed by atoms with Crippen LogP contribution in [0.15, 0.2) is 46.9 Å².